The smallest absolute Gasteiger partial charge is 0.154 e. The van der Waals surface area contributed by atoms with Crippen LogP contribution in [-0.2, 0) is 4.79 Å². The first-order chi connectivity index (χ1) is 5.52. The lowest BCUT2D eigenvalue weighted by atomic mass is 10.2. The molecule has 1 aromatic heterocycles. The van der Waals surface area contributed by atoms with Crippen molar-refractivity contribution >= 4 is 5.78 Å². The zero-order valence-corrected chi connectivity index (χ0v) is 7.83. The van der Waals surface area contributed by atoms with Gasteiger partial charge in [-0.15, -0.1) is 0 Å². The molecule has 0 aliphatic heterocycles. The molecule has 66 valence electrons. The molecule has 0 fully saturated rings. The third-order valence-electron chi connectivity index (χ3n) is 1.86. The van der Waals surface area contributed by atoms with Crippen molar-refractivity contribution in [3.63, 3.8) is 0 Å². The molecule has 1 aromatic rings. The molecule has 0 aromatic carbocycles. The minimum absolute atomic E-state index is 0.100. The van der Waals surface area contributed by atoms with Crippen LogP contribution in [0.2, 0.25) is 0 Å². The van der Waals surface area contributed by atoms with E-state index in [1.165, 1.54) is 0 Å². The van der Waals surface area contributed by atoms with Crippen LogP contribution in [-0.4, -0.2) is 20.5 Å². The van der Waals surface area contributed by atoms with Gasteiger partial charge in [0.05, 0.1) is 0 Å². The van der Waals surface area contributed by atoms with Crippen LogP contribution in [0.1, 0.15) is 31.5 Å². The summed E-state index contributed by atoms with van der Waals surface area (Å²) in [5.41, 5.74) is 0. The molecular weight excluding hydrogens is 154 g/mol. The van der Waals surface area contributed by atoms with Gasteiger partial charge in [-0.1, -0.05) is 0 Å². The highest BCUT2D eigenvalue weighted by Crippen LogP contribution is 2.07. The average molecular weight is 167 g/mol. The van der Waals surface area contributed by atoms with E-state index in [1.807, 2.05) is 20.8 Å². The van der Waals surface area contributed by atoms with Crippen molar-refractivity contribution in [3.05, 3.63) is 11.6 Å². The first-order valence-electron chi connectivity index (χ1n) is 3.92. The fraction of sp³-hybridized carbons (Fsp3) is 0.625. The van der Waals surface area contributed by atoms with Crippen molar-refractivity contribution in [3.8, 4) is 0 Å². The number of hydrogen-bond donors (Lipinski definition) is 0. The predicted octanol–water partition coefficient (Wildman–Crippen LogP) is 1.04. The van der Waals surface area contributed by atoms with E-state index in [0.29, 0.717) is 5.82 Å². The first kappa shape index (κ1) is 8.90. The molecule has 0 aliphatic rings. The summed E-state index contributed by atoms with van der Waals surface area (Å²) in [5.74, 6) is 1.60. The Morgan fingerprint density at radius 3 is 2.42 bits per heavy atom. The SMILES string of the molecule is CC(=O)C(C)n1nc(C)nc1C. The highest BCUT2D eigenvalue weighted by atomic mass is 16.1. The number of carbonyl (C=O) groups is 1. The van der Waals surface area contributed by atoms with Crippen LogP contribution in [0.3, 0.4) is 0 Å². The molecule has 0 radical (unpaired) electrons. The van der Waals surface area contributed by atoms with E-state index in [2.05, 4.69) is 10.1 Å². The maximum absolute atomic E-state index is 11.0. The molecule has 1 heterocycles. The number of Topliss-reactive ketones (excluding diaryl/α,β-unsaturated/α-hetero) is 1. The van der Waals surface area contributed by atoms with E-state index in [-0.39, 0.29) is 11.8 Å². The molecule has 1 rings (SSSR count). The number of nitrogens with zero attached hydrogens (tertiary/aromatic N) is 3. The Bertz CT molecular complexity index is 303. The molecule has 0 amide bonds. The van der Waals surface area contributed by atoms with Crippen molar-refractivity contribution in [2.24, 2.45) is 0 Å². The van der Waals surface area contributed by atoms with Crippen LogP contribution >= 0.6 is 0 Å². The second kappa shape index (κ2) is 3.05. The number of aryl methyl sites for hydroxylation is 2. The molecule has 0 saturated carbocycles. The monoisotopic (exact) mass is 167 g/mol. The van der Waals surface area contributed by atoms with E-state index in [9.17, 15) is 4.79 Å². The fourth-order valence-electron chi connectivity index (χ4n) is 1.08. The van der Waals surface area contributed by atoms with Crippen LogP contribution in [0.25, 0.3) is 0 Å². The van der Waals surface area contributed by atoms with Gasteiger partial charge in [0.2, 0.25) is 0 Å². The van der Waals surface area contributed by atoms with Gasteiger partial charge in [-0.25, -0.2) is 9.67 Å². The van der Waals surface area contributed by atoms with Gasteiger partial charge in [-0.2, -0.15) is 5.10 Å². The maximum Gasteiger partial charge on any atom is 0.154 e. The lowest BCUT2D eigenvalue weighted by Crippen LogP contribution is -2.16. The van der Waals surface area contributed by atoms with E-state index in [1.54, 1.807) is 11.6 Å². The topological polar surface area (TPSA) is 47.8 Å². The zero-order valence-electron chi connectivity index (χ0n) is 7.83. The van der Waals surface area contributed by atoms with Gasteiger partial charge in [0.25, 0.3) is 0 Å². The Hall–Kier alpha value is -1.19. The van der Waals surface area contributed by atoms with Crippen molar-refractivity contribution in [1.82, 2.24) is 14.8 Å². The van der Waals surface area contributed by atoms with E-state index < -0.39 is 0 Å². The van der Waals surface area contributed by atoms with Crippen molar-refractivity contribution in [2.45, 2.75) is 33.7 Å². The van der Waals surface area contributed by atoms with Crippen LogP contribution in [0.5, 0.6) is 0 Å². The standard InChI is InChI=1S/C8H13N3O/c1-5(6(2)12)11-8(4)9-7(3)10-11/h5H,1-4H3. The van der Waals surface area contributed by atoms with Gasteiger partial charge in [0.15, 0.2) is 5.78 Å². The maximum atomic E-state index is 11.0. The fourth-order valence-corrected chi connectivity index (χ4v) is 1.08. The lowest BCUT2D eigenvalue weighted by molar-refractivity contribution is -0.119. The highest BCUT2D eigenvalue weighted by Gasteiger charge is 2.13. The molecule has 4 heteroatoms. The lowest BCUT2D eigenvalue weighted by Gasteiger charge is -2.08. The summed E-state index contributed by atoms with van der Waals surface area (Å²) in [7, 11) is 0. The minimum atomic E-state index is -0.203. The third-order valence-corrected chi connectivity index (χ3v) is 1.86. The molecule has 0 saturated heterocycles. The van der Waals surface area contributed by atoms with Crippen LogP contribution in [0.4, 0.5) is 0 Å². The van der Waals surface area contributed by atoms with E-state index in [4.69, 9.17) is 0 Å². The molecule has 1 atom stereocenters. The number of aromatic nitrogens is 3. The summed E-state index contributed by atoms with van der Waals surface area (Å²) in [6.45, 7) is 7.04. The van der Waals surface area contributed by atoms with Gasteiger partial charge >= 0.3 is 0 Å². The molecule has 4 nitrogen and oxygen atoms in total. The number of hydrogen-bond acceptors (Lipinski definition) is 3. The van der Waals surface area contributed by atoms with Crippen LogP contribution in [0, 0.1) is 13.8 Å². The van der Waals surface area contributed by atoms with E-state index >= 15 is 0 Å². The Morgan fingerprint density at radius 1 is 1.50 bits per heavy atom. The molecule has 0 bridgehead atoms. The van der Waals surface area contributed by atoms with Gasteiger partial charge < -0.3 is 0 Å². The summed E-state index contributed by atoms with van der Waals surface area (Å²) < 4.78 is 1.65. The van der Waals surface area contributed by atoms with Gasteiger partial charge in [0.1, 0.15) is 17.7 Å². The number of carbonyl (C=O) groups excluding carboxylic acids is 1. The number of rotatable bonds is 2. The molecule has 0 spiro atoms. The molecular formula is C8H13N3O. The Balaban J connectivity index is 3.02. The Morgan fingerprint density at radius 2 is 2.08 bits per heavy atom. The van der Waals surface area contributed by atoms with Crippen LogP contribution in [0.15, 0.2) is 0 Å². The summed E-state index contributed by atoms with van der Waals surface area (Å²) in [4.78, 5) is 15.1. The Kier molecular flexibility index (Phi) is 2.26. The van der Waals surface area contributed by atoms with Gasteiger partial charge in [-0.3, -0.25) is 4.79 Å². The van der Waals surface area contributed by atoms with Crippen molar-refractivity contribution in [1.29, 1.82) is 0 Å². The van der Waals surface area contributed by atoms with Crippen LogP contribution < -0.4 is 0 Å². The molecule has 12 heavy (non-hydrogen) atoms. The molecule has 0 aliphatic carbocycles. The van der Waals surface area contributed by atoms with Gasteiger partial charge in [0, 0.05) is 0 Å². The average Bonchev–Trinajstić information content (AvgIpc) is 2.28. The predicted molar refractivity (Wildman–Crippen MR) is 44.9 cm³/mol. The highest BCUT2D eigenvalue weighted by molar-refractivity contribution is 5.79. The zero-order chi connectivity index (χ0) is 9.30. The van der Waals surface area contributed by atoms with Crippen molar-refractivity contribution < 1.29 is 4.79 Å². The summed E-state index contributed by atoms with van der Waals surface area (Å²) in [6, 6.07) is -0.203. The second-order valence-corrected chi connectivity index (χ2v) is 2.94. The first-order valence-corrected chi connectivity index (χ1v) is 3.92. The molecule has 1 unspecified atom stereocenters. The Labute approximate surface area is 71.6 Å². The minimum Gasteiger partial charge on any atom is -0.298 e. The van der Waals surface area contributed by atoms with Gasteiger partial charge in [-0.05, 0) is 27.7 Å². The largest absolute Gasteiger partial charge is 0.298 e. The summed E-state index contributed by atoms with van der Waals surface area (Å²) >= 11 is 0. The quantitative estimate of drug-likeness (QED) is 0.661. The van der Waals surface area contributed by atoms with Crippen molar-refractivity contribution in [2.75, 3.05) is 0 Å². The number of ketones is 1. The summed E-state index contributed by atoms with van der Waals surface area (Å²) in [6.07, 6.45) is 0. The normalized spacial score (nSPS) is 13.0. The second-order valence-electron chi connectivity index (χ2n) is 2.94. The van der Waals surface area contributed by atoms with E-state index in [0.717, 1.165) is 5.82 Å². The third kappa shape index (κ3) is 1.52. The summed E-state index contributed by atoms with van der Waals surface area (Å²) in [5, 5.41) is 4.12. The molecule has 0 N–H and O–H groups in total.